The van der Waals surface area contributed by atoms with Gasteiger partial charge in [0.2, 0.25) is 5.91 Å². The number of nitrogens with one attached hydrogen (secondary N) is 2. The van der Waals surface area contributed by atoms with Gasteiger partial charge in [-0.25, -0.2) is 0 Å². The lowest BCUT2D eigenvalue weighted by Crippen LogP contribution is -2.38. The minimum atomic E-state index is -1.09. The number of hydrazine groups is 1. The highest BCUT2D eigenvalue weighted by atomic mass is 35.5. The number of rotatable bonds is 9. The Balaban J connectivity index is 2.49. The van der Waals surface area contributed by atoms with Crippen molar-refractivity contribution in [3.63, 3.8) is 0 Å². The maximum absolute atomic E-state index is 11.9. The van der Waals surface area contributed by atoms with Gasteiger partial charge in [0.15, 0.2) is 0 Å². The van der Waals surface area contributed by atoms with E-state index in [9.17, 15) is 14.7 Å². The van der Waals surface area contributed by atoms with Gasteiger partial charge < -0.3 is 9.90 Å². The SMILES string of the molecule is CCCC[C@H](C(=O)[O-])[C@H](C)CC(=O)NNc1ccccc1Cl. The first-order chi connectivity index (χ1) is 10.5. The molecule has 0 saturated heterocycles. The number of hydrogen-bond donors (Lipinski definition) is 2. The average molecular weight is 326 g/mol. The first-order valence-corrected chi connectivity index (χ1v) is 7.83. The van der Waals surface area contributed by atoms with Gasteiger partial charge in [-0.1, -0.05) is 50.4 Å². The fourth-order valence-corrected chi connectivity index (χ4v) is 2.43. The van der Waals surface area contributed by atoms with Crippen molar-refractivity contribution in [2.75, 3.05) is 5.43 Å². The average Bonchev–Trinajstić information content (AvgIpc) is 2.46. The summed E-state index contributed by atoms with van der Waals surface area (Å²) in [6, 6.07) is 7.02. The molecule has 0 aliphatic heterocycles. The minimum Gasteiger partial charge on any atom is -0.550 e. The molecule has 6 heteroatoms. The van der Waals surface area contributed by atoms with Crippen LogP contribution in [-0.2, 0) is 9.59 Å². The van der Waals surface area contributed by atoms with E-state index in [0.29, 0.717) is 17.1 Å². The summed E-state index contributed by atoms with van der Waals surface area (Å²) in [6.45, 7) is 3.75. The number of anilines is 1. The second-order valence-corrected chi connectivity index (χ2v) is 5.81. The van der Waals surface area contributed by atoms with Crippen molar-refractivity contribution < 1.29 is 14.7 Å². The number of halogens is 1. The highest BCUT2D eigenvalue weighted by Crippen LogP contribution is 2.22. The Morgan fingerprint density at radius 2 is 2.00 bits per heavy atom. The van der Waals surface area contributed by atoms with Crippen molar-refractivity contribution in [1.29, 1.82) is 0 Å². The van der Waals surface area contributed by atoms with Crippen LogP contribution in [0.5, 0.6) is 0 Å². The molecule has 122 valence electrons. The van der Waals surface area contributed by atoms with E-state index in [-0.39, 0.29) is 18.2 Å². The van der Waals surface area contributed by atoms with Crippen molar-refractivity contribution in [3.8, 4) is 0 Å². The maximum Gasteiger partial charge on any atom is 0.238 e. The molecule has 0 spiro atoms. The Morgan fingerprint density at radius 1 is 1.32 bits per heavy atom. The highest BCUT2D eigenvalue weighted by Gasteiger charge is 2.20. The third kappa shape index (κ3) is 5.93. The van der Waals surface area contributed by atoms with Crippen LogP contribution < -0.4 is 16.0 Å². The van der Waals surface area contributed by atoms with E-state index in [1.165, 1.54) is 0 Å². The van der Waals surface area contributed by atoms with E-state index in [1.807, 2.05) is 6.92 Å². The summed E-state index contributed by atoms with van der Waals surface area (Å²) in [4.78, 5) is 23.1. The lowest BCUT2D eigenvalue weighted by molar-refractivity contribution is -0.313. The molecule has 1 amide bonds. The topological polar surface area (TPSA) is 81.3 Å². The van der Waals surface area contributed by atoms with E-state index in [1.54, 1.807) is 31.2 Å². The molecule has 0 radical (unpaired) electrons. The van der Waals surface area contributed by atoms with E-state index in [2.05, 4.69) is 10.9 Å². The monoisotopic (exact) mass is 325 g/mol. The number of hydrogen-bond acceptors (Lipinski definition) is 4. The smallest absolute Gasteiger partial charge is 0.238 e. The van der Waals surface area contributed by atoms with Crippen LogP contribution in [0.25, 0.3) is 0 Å². The fourth-order valence-electron chi connectivity index (χ4n) is 2.24. The normalized spacial score (nSPS) is 13.2. The van der Waals surface area contributed by atoms with Crippen LogP contribution in [-0.4, -0.2) is 11.9 Å². The van der Waals surface area contributed by atoms with E-state index in [0.717, 1.165) is 12.8 Å². The van der Waals surface area contributed by atoms with Crippen LogP contribution in [0.1, 0.15) is 39.5 Å². The fraction of sp³-hybridized carbons (Fsp3) is 0.500. The van der Waals surface area contributed by atoms with Crippen LogP contribution in [0, 0.1) is 11.8 Å². The van der Waals surface area contributed by atoms with Gasteiger partial charge in [-0.05, 0) is 24.5 Å². The molecule has 0 aliphatic carbocycles. The third-order valence-electron chi connectivity index (χ3n) is 3.58. The van der Waals surface area contributed by atoms with Crippen molar-refractivity contribution in [2.45, 2.75) is 39.5 Å². The molecule has 22 heavy (non-hydrogen) atoms. The van der Waals surface area contributed by atoms with E-state index in [4.69, 9.17) is 11.6 Å². The molecule has 1 aromatic carbocycles. The Kier molecular flexibility index (Phi) is 7.74. The number of carboxylic acid groups (broad SMARTS) is 1. The van der Waals surface area contributed by atoms with Gasteiger partial charge in [0.25, 0.3) is 0 Å². The molecular weight excluding hydrogens is 304 g/mol. The number of carbonyl (C=O) groups is 2. The highest BCUT2D eigenvalue weighted by molar-refractivity contribution is 6.33. The van der Waals surface area contributed by atoms with Crippen molar-refractivity contribution in [1.82, 2.24) is 5.43 Å². The Labute approximate surface area is 136 Å². The molecule has 5 nitrogen and oxygen atoms in total. The van der Waals surface area contributed by atoms with Gasteiger partial charge in [-0.15, -0.1) is 0 Å². The lowest BCUT2D eigenvalue weighted by Gasteiger charge is -2.24. The molecule has 0 aliphatic rings. The number of para-hydroxylation sites is 1. The lowest BCUT2D eigenvalue weighted by atomic mass is 9.87. The number of carboxylic acids is 1. The number of benzene rings is 1. The summed E-state index contributed by atoms with van der Waals surface area (Å²) < 4.78 is 0. The number of carbonyl (C=O) groups excluding carboxylic acids is 2. The van der Waals surface area contributed by atoms with Crippen molar-refractivity contribution >= 4 is 29.2 Å². The van der Waals surface area contributed by atoms with Crippen LogP contribution in [0.2, 0.25) is 5.02 Å². The van der Waals surface area contributed by atoms with Crippen LogP contribution >= 0.6 is 11.6 Å². The zero-order valence-electron chi connectivity index (χ0n) is 12.9. The number of amides is 1. The van der Waals surface area contributed by atoms with E-state index < -0.39 is 11.9 Å². The molecule has 0 aromatic heterocycles. The standard InChI is InChI=1S/C16H23ClN2O3/c1-3-4-7-12(16(21)22)11(2)10-15(20)19-18-14-9-6-5-8-13(14)17/h5-6,8-9,11-12,18H,3-4,7,10H2,1-2H3,(H,19,20)(H,21,22)/p-1/t11-,12+/m1/s1. The third-order valence-corrected chi connectivity index (χ3v) is 3.91. The van der Waals surface area contributed by atoms with Crippen LogP contribution in [0.15, 0.2) is 24.3 Å². The molecule has 0 saturated carbocycles. The second-order valence-electron chi connectivity index (χ2n) is 5.40. The summed E-state index contributed by atoms with van der Waals surface area (Å²) in [5.41, 5.74) is 5.86. The van der Waals surface area contributed by atoms with Gasteiger partial charge in [0, 0.05) is 18.3 Å². The van der Waals surface area contributed by atoms with Gasteiger partial charge in [0.05, 0.1) is 10.7 Å². The first-order valence-electron chi connectivity index (χ1n) is 7.46. The zero-order chi connectivity index (χ0) is 16.5. The van der Waals surface area contributed by atoms with Gasteiger partial charge in [-0.2, -0.15) is 0 Å². The molecule has 2 N–H and O–H groups in total. The number of aliphatic carboxylic acids is 1. The van der Waals surface area contributed by atoms with Gasteiger partial charge in [0.1, 0.15) is 0 Å². The predicted octanol–water partition coefficient (Wildman–Crippen LogP) is 2.37. The summed E-state index contributed by atoms with van der Waals surface area (Å²) in [5.74, 6) is -2.27. The predicted molar refractivity (Wildman–Crippen MR) is 85.0 cm³/mol. The molecule has 0 bridgehead atoms. The molecule has 0 heterocycles. The largest absolute Gasteiger partial charge is 0.550 e. The van der Waals surface area contributed by atoms with Crippen molar-refractivity contribution in [2.24, 2.45) is 11.8 Å². The zero-order valence-corrected chi connectivity index (χ0v) is 13.7. The first kappa shape index (κ1) is 18.3. The Bertz CT molecular complexity index is 508. The van der Waals surface area contributed by atoms with E-state index >= 15 is 0 Å². The summed E-state index contributed by atoms with van der Waals surface area (Å²) in [6.07, 6.45) is 2.37. The van der Waals surface area contributed by atoms with Crippen LogP contribution in [0.4, 0.5) is 5.69 Å². The molecule has 1 rings (SSSR count). The van der Waals surface area contributed by atoms with Crippen molar-refractivity contribution in [3.05, 3.63) is 29.3 Å². The summed E-state index contributed by atoms with van der Waals surface area (Å²) in [5, 5.41) is 11.7. The molecular formula is C16H22ClN2O3-. The quantitative estimate of drug-likeness (QED) is 0.683. The summed E-state index contributed by atoms with van der Waals surface area (Å²) >= 11 is 5.96. The van der Waals surface area contributed by atoms with Crippen LogP contribution in [0.3, 0.4) is 0 Å². The van der Waals surface area contributed by atoms with Gasteiger partial charge >= 0.3 is 0 Å². The number of unbranched alkanes of at least 4 members (excludes halogenated alkanes) is 1. The Morgan fingerprint density at radius 3 is 2.59 bits per heavy atom. The molecule has 1 aromatic rings. The minimum absolute atomic E-state index is 0.111. The second kappa shape index (κ2) is 9.30. The maximum atomic E-state index is 11.9. The Hall–Kier alpha value is -1.75. The molecule has 0 fully saturated rings. The summed E-state index contributed by atoms with van der Waals surface area (Å²) in [7, 11) is 0. The molecule has 2 atom stereocenters. The molecule has 0 unspecified atom stereocenters. The van der Waals surface area contributed by atoms with Gasteiger partial charge in [-0.3, -0.25) is 15.6 Å².